The van der Waals surface area contributed by atoms with Gasteiger partial charge in [0.05, 0.1) is 6.54 Å². The summed E-state index contributed by atoms with van der Waals surface area (Å²) in [6.45, 7) is 2.93. The first kappa shape index (κ1) is 16.0. The molecule has 0 aliphatic carbocycles. The lowest BCUT2D eigenvalue weighted by Gasteiger charge is -2.23. The van der Waals surface area contributed by atoms with Crippen LogP contribution in [0.4, 0.5) is 0 Å². The second-order valence-corrected chi connectivity index (χ2v) is 6.63. The lowest BCUT2D eigenvalue weighted by molar-refractivity contribution is 0.0676. The number of amides is 1. The molecule has 2 aromatic heterocycles. The van der Waals surface area contributed by atoms with Gasteiger partial charge < -0.3 is 18.6 Å². The lowest BCUT2D eigenvalue weighted by Crippen LogP contribution is -2.34. The van der Waals surface area contributed by atoms with Gasteiger partial charge in [-0.05, 0) is 36.6 Å². The molecular formula is C20H22N2O3. The highest BCUT2D eigenvalue weighted by Crippen LogP contribution is 2.24. The predicted molar refractivity (Wildman–Crippen MR) is 95.4 cm³/mol. The Bertz CT molecular complexity index is 847. The van der Waals surface area contributed by atoms with E-state index < -0.39 is 0 Å². The number of nitrogens with zero attached hydrogens (tertiary/aromatic N) is 2. The van der Waals surface area contributed by atoms with Gasteiger partial charge in [0.25, 0.3) is 5.91 Å². The molecule has 1 amide bonds. The van der Waals surface area contributed by atoms with E-state index >= 15 is 0 Å². The van der Waals surface area contributed by atoms with Crippen LogP contribution >= 0.6 is 0 Å². The largest absolute Gasteiger partial charge is 0.451 e. The topological polar surface area (TPSA) is 47.6 Å². The Kier molecular flexibility index (Phi) is 4.32. The van der Waals surface area contributed by atoms with Crippen molar-refractivity contribution in [2.24, 2.45) is 5.92 Å². The molecule has 1 aliphatic heterocycles. The van der Waals surface area contributed by atoms with Crippen LogP contribution in [0.1, 0.15) is 22.7 Å². The van der Waals surface area contributed by atoms with E-state index in [1.165, 1.54) is 0 Å². The van der Waals surface area contributed by atoms with Crippen LogP contribution in [0.2, 0.25) is 0 Å². The zero-order valence-electron chi connectivity index (χ0n) is 14.4. The summed E-state index contributed by atoms with van der Waals surface area (Å²) >= 11 is 0. The molecule has 0 bridgehead atoms. The monoisotopic (exact) mass is 338 g/mol. The third-order valence-electron chi connectivity index (χ3n) is 4.86. The number of benzene rings is 1. The summed E-state index contributed by atoms with van der Waals surface area (Å²) in [5.74, 6) is 0.724. The number of carbonyl (C=O) groups is 1. The van der Waals surface area contributed by atoms with E-state index in [0.717, 1.165) is 29.6 Å². The standard InChI is InChI=1S/C20H22N2O3/c1-24-10-8-15-12-21-9-4-6-17(21)14-22(13-15)20(23)19-11-16-5-2-3-7-18(16)25-19/h2-7,9,11,15H,8,10,12-14H2,1H3/t15-/m1/s1. The minimum Gasteiger partial charge on any atom is -0.451 e. The Morgan fingerprint density at radius 3 is 2.96 bits per heavy atom. The summed E-state index contributed by atoms with van der Waals surface area (Å²) in [7, 11) is 1.72. The van der Waals surface area contributed by atoms with Gasteiger partial charge in [-0.25, -0.2) is 0 Å². The quantitative estimate of drug-likeness (QED) is 0.731. The summed E-state index contributed by atoms with van der Waals surface area (Å²) in [4.78, 5) is 15.0. The first-order chi connectivity index (χ1) is 12.2. The van der Waals surface area contributed by atoms with E-state index in [2.05, 4.69) is 16.8 Å². The summed E-state index contributed by atoms with van der Waals surface area (Å²) in [6, 6.07) is 13.7. The first-order valence-corrected chi connectivity index (χ1v) is 8.65. The number of furan rings is 1. The molecule has 0 saturated carbocycles. The summed E-state index contributed by atoms with van der Waals surface area (Å²) in [5.41, 5.74) is 1.91. The van der Waals surface area contributed by atoms with Crippen LogP contribution in [0.25, 0.3) is 11.0 Å². The summed E-state index contributed by atoms with van der Waals surface area (Å²) in [5, 5.41) is 0.958. The number of hydrogen-bond donors (Lipinski definition) is 0. The van der Waals surface area contributed by atoms with E-state index in [-0.39, 0.29) is 5.91 Å². The molecule has 0 saturated heterocycles. The molecular weight excluding hydrogens is 316 g/mol. The van der Waals surface area contributed by atoms with Crippen molar-refractivity contribution in [2.45, 2.75) is 19.5 Å². The fourth-order valence-electron chi connectivity index (χ4n) is 3.54. The molecule has 130 valence electrons. The molecule has 0 N–H and O–H groups in total. The van der Waals surface area contributed by atoms with Crippen LogP contribution in [0, 0.1) is 5.92 Å². The summed E-state index contributed by atoms with van der Waals surface area (Å²) < 4.78 is 13.3. The Morgan fingerprint density at radius 1 is 1.24 bits per heavy atom. The van der Waals surface area contributed by atoms with Gasteiger partial charge in [0.1, 0.15) is 5.58 Å². The molecule has 25 heavy (non-hydrogen) atoms. The molecule has 0 fully saturated rings. The molecule has 0 unspecified atom stereocenters. The molecule has 0 radical (unpaired) electrons. The van der Waals surface area contributed by atoms with Crippen molar-refractivity contribution in [2.75, 3.05) is 20.3 Å². The Hall–Kier alpha value is -2.53. The first-order valence-electron chi connectivity index (χ1n) is 8.65. The van der Waals surface area contributed by atoms with E-state index in [0.29, 0.717) is 31.4 Å². The number of fused-ring (bicyclic) bond motifs is 2. The van der Waals surface area contributed by atoms with Gasteiger partial charge in [-0.1, -0.05) is 18.2 Å². The van der Waals surface area contributed by atoms with Crippen LogP contribution in [-0.2, 0) is 17.8 Å². The van der Waals surface area contributed by atoms with E-state index in [4.69, 9.17) is 9.15 Å². The third-order valence-corrected chi connectivity index (χ3v) is 4.86. The fourth-order valence-corrected chi connectivity index (χ4v) is 3.54. The highest BCUT2D eigenvalue weighted by molar-refractivity contribution is 5.96. The normalized spacial score (nSPS) is 17.5. The molecule has 3 heterocycles. The van der Waals surface area contributed by atoms with Crippen molar-refractivity contribution in [1.29, 1.82) is 0 Å². The van der Waals surface area contributed by atoms with Gasteiger partial charge in [0.2, 0.25) is 0 Å². The Labute approximate surface area is 146 Å². The smallest absolute Gasteiger partial charge is 0.289 e. The molecule has 1 aromatic carbocycles. The Morgan fingerprint density at radius 2 is 2.12 bits per heavy atom. The van der Waals surface area contributed by atoms with Gasteiger partial charge in [0, 0.05) is 44.1 Å². The zero-order chi connectivity index (χ0) is 17.2. The number of para-hydroxylation sites is 1. The molecule has 3 aromatic rings. The molecule has 0 spiro atoms. The van der Waals surface area contributed by atoms with Crippen molar-refractivity contribution in [3.8, 4) is 0 Å². The van der Waals surface area contributed by atoms with Crippen LogP contribution in [0.5, 0.6) is 0 Å². The van der Waals surface area contributed by atoms with Crippen molar-refractivity contribution >= 4 is 16.9 Å². The van der Waals surface area contributed by atoms with Gasteiger partial charge in [0.15, 0.2) is 5.76 Å². The molecule has 5 heteroatoms. The Balaban J connectivity index is 1.61. The van der Waals surface area contributed by atoms with Crippen molar-refractivity contribution in [3.05, 3.63) is 60.1 Å². The maximum atomic E-state index is 13.1. The lowest BCUT2D eigenvalue weighted by atomic mass is 10.1. The van der Waals surface area contributed by atoms with Crippen LogP contribution in [0.3, 0.4) is 0 Å². The average Bonchev–Trinajstić information content (AvgIpc) is 3.21. The molecule has 1 atom stereocenters. The van der Waals surface area contributed by atoms with E-state index in [1.54, 1.807) is 7.11 Å². The SMILES string of the molecule is COCC[C@H]1CN(C(=O)c2cc3ccccc3o2)Cc2cccn2C1. The van der Waals surface area contributed by atoms with Crippen LogP contribution < -0.4 is 0 Å². The molecule has 4 rings (SSSR count). The highest BCUT2D eigenvalue weighted by atomic mass is 16.5. The summed E-state index contributed by atoms with van der Waals surface area (Å²) in [6.07, 6.45) is 3.02. The van der Waals surface area contributed by atoms with E-state index in [1.807, 2.05) is 41.3 Å². The number of carbonyl (C=O) groups excluding carboxylic acids is 1. The van der Waals surface area contributed by atoms with Crippen LogP contribution in [0.15, 0.2) is 53.1 Å². The van der Waals surface area contributed by atoms with Crippen molar-refractivity contribution in [1.82, 2.24) is 9.47 Å². The highest BCUT2D eigenvalue weighted by Gasteiger charge is 2.27. The van der Waals surface area contributed by atoms with Gasteiger partial charge in [-0.2, -0.15) is 0 Å². The van der Waals surface area contributed by atoms with Crippen molar-refractivity contribution in [3.63, 3.8) is 0 Å². The van der Waals surface area contributed by atoms with Gasteiger partial charge in [-0.15, -0.1) is 0 Å². The maximum absolute atomic E-state index is 13.1. The molecule has 5 nitrogen and oxygen atoms in total. The van der Waals surface area contributed by atoms with Crippen molar-refractivity contribution < 1.29 is 13.9 Å². The predicted octanol–water partition coefficient (Wildman–Crippen LogP) is 3.54. The number of hydrogen-bond acceptors (Lipinski definition) is 3. The average molecular weight is 338 g/mol. The zero-order valence-corrected chi connectivity index (χ0v) is 14.4. The minimum atomic E-state index is -0.0479. The number of ether oxygens (including phenoxy) is 1. The second kappa shape index (κ2) is 6.76. The fraction of sp³-hybridized carbons (Fsp3) is 0.350. The van der Waals surface area contributed by atoms with Gasteiger partial charge >= 0.3 is 0 Å². The number of methoxy groups -OCH3 is 1. The van der Waals surface area contributed by atoms with E-state index in [9.17, 15) is 4.79 Å². The number of rotatable bonds is 4. The minimum absolute atomic E-state index is 0.0479. The maximum Gasteiger partial charge on any atom is 0.289 e. The van der Waals surface area contributed by atoms with Gasteiger partial charge in [-0.3, -0.25) is 4.79 Å². The molecule has 1 aliphatic rings. The third kappa shape index (κ3) is 3.20. The van der Waals surface area contributed by atoms with Crippen LogP contribution in [-0.4, -0.2) is 35.6 Å². The second-order valence-electron chi connectivity index (χ2n) is 6.63. The number of aromatic nitrogens is 1.